The van der Waals surface area contributed by atoms with Gasteiger partial charge >= 0.3 is 0 Å². The molecule has 1 fully saturated rings. The molecule has 0 atom stereocenters. The van der Waals surface area contributed by atoms with E-state index in [0.29, 0.717) is 19.0 Å². The Balaban J connectivity index is 1.74. The van der Waals surface area contributed by atoms with E-state index in [9.17, 15) is 0 Å². The van der Waals surface area contributed by atoms with Crippen molar-refractivity contribution in [1.29, 1.82) is 0 Å². The van der Waals surface area contributed by atoms with Crippen LogP contribution in [0.3, 0.4) is 0 Å². The number of aryl methyl sites for hydroxylation is 1. The molecule has 0 spiro atoms. The molecule has 0 radical (unpaired) electrons. The molecule has 5 heterocycles. The summed E-state index contributed by atoms with van der Waals surface area (Å²) in [6.45, 7) is 2.91. The number of fused-ring (bicyclic) bond motifs is 1. The van der Waals surface area contributed by atoms with Gasteiger partial charge in [0.25, 0.3) is 0 Å². The minimum atomic E-state index is 0.645. The standard InChI is InChI=1S/C20H19N7O/c1-26-18(14-4-7-21-8-5-14)23-16-19(26)24-17(15-3-2-6-22-13-15)25-20(16)27-9-11-28-12-10-27/h2-8,13H,9-12H2,1H3. The van der Waals surface area contributed by atoms with Gasteiger partial charge in [-0.3, -0.25) is 9.97 Å². The summed E-state index contributed by atoms with van der Waals surface area (Å²) in [4.78, 5) is 25.1. The van der Waals surface area contributed by atoms with Crippen molar-refractivity contribution < 1.29 is 4.74 Å². The average molecular weight is 373 g/mol. The highest BCUT2D eigenvalue weighted by Crippen LogP contribution is 2.30. The van der Waals surface area contributed by atoms with E-state index in [1.807, 2.05) is 35.9 Å². The number of ether oxygens (including phenoxy) is 1. The van der Waals surface area contributed by atoms with Crippen LogP contribution in [0.15, 0.2) is 49.1 Å². The van der Waals surface area contributed by atoms with E-state index in [1.54, 1.807) is 24.8 Å². The van der Waals surface area contributed by atoms with Crippen LogP contribution in [-0.4, -0.2) is 55.8 Å². The molecule has 4 aromatic heterocycles. The van der Waals surface area contributed by atoms with Crippen molar-refractivity contribution in [2.24, 2.45) is 7.05 Å². The number of hydrogen-bond donors (Lipinski definition) is 0. The van der Waals surface area contributed by atoms with Crippen LogP contribution in [0.1, 0.15) is 0 Å². The topological polar surface area (TPSA) is 81.9 Å². The highest BCUT2D eigenvalue weighted by Gasteiger charge is 2.22. The Morgan fingerprint density at radius 2 is 1.71 bits per heavy atom. The lowest BCUT2D eigenvalue weighted by atomic mass is 10.2. The lowest BCUT2D eigenvalue weighted by Gasteiger charge is -2.28. The normalized spacial score (nSPS) is 14.5. The van der Waals surface area contributed by atoms with Crippen LogP contribution in [0, 0.1) is 0 Å². The SMILES string of the molecule is Cn1c(-c2ccncc2)nc2c(N3CCOCC3)nc(-c3cccnc3)nc21. The van der Waals surface area contributed by atoms with Gasteiger partial charge in [-0.1, -0.05) is 0 Å². The van der Waals surface area contributed by atoms with E-state index in [1.165, 1.54) is 0 Å². The number of hydrogen-bond acceptors (Lipinski definition) is 7. The minimum absolute atomic E-state index is 0.645. The highest BCUT2D eigenvalue weighted by molar-refractivity contribution is 5.88. The Bertz CT molecular complexity index is 1110. The van der Waals surface area contributed by atoms with Crippen LogP contribution in [0.25, 0.3) is 33.9 Å². The first-order chi connectivity index (χ1) is 13.8. The molecule has 0 N–H and O–H groups in total. The van der Waals surface area contributed by atoms with Gasteiger partial charge < -0.3 is 14.2 Å². The summed E-state index contributed by atoms with van der Waals surface area (Å²) in [5.41, 5.74) is 3.46. The summed E-state index contributed by atoms with van der Waals surface area (Å²) in [7, 11) is 1.98. The Morgan fingerprint density at radius 1 is 0.893 bits per heavy atom. The zero-order chi connectivity index (χ0) is 18.9. The minimum Gasteiger partial charge on any atom is -0.378 e. The van der Waals surface area contributed by atoms with Crippen LogP contribution in [0.5, 0.6) is 0 Å². The Morgan fingerprint density at radius 3 is 2.46 bits per heavy atom. The quantitative estimate of drug-likeness (QED) is 0.545. The van der Waals surface area contributed by atoms with Gasteiger partial charge in [-0.15, -0.1) is 0 Å². The molecule has 1 aliphatic heterocycles. The predicted octanol–water partition coefficient (Wildman–Crippen LogP) is 2.32. The van der Waals surface area contributed by atoms with Gasteiger partial charge in [0.1, 0.15) is 5.82 Å². The van der Waals surface area contributed by atoms with Crippen molar-refractivity contribution in [3.8, 4) is 22.8 Å². The number of pyridine rings is 2. The fraction of sp³-hybridized carbons (Fsp3) is 0.250. The molecule has 0 unspecified atom stereocenters. The van der Waals surface area contributed by atoms with Crippen LogP contribution >= 0.6 is 0 Å². The van der Waals surface area contributed by atoms with Crippen LogP contribution < -0.4 is 4.90 Å². The van der Waals surface area contributed by atoms with E-state index in [2.05, 4.69) is 14.9 Å². The van der Waals surface area contributed by atoms with Crippen molar-refractivity contribution in [2.45, 2.75) is 0 Å². The first-order valence-electron chi connectivity index (χ1n) is 9.19. The molecule has 0 aromatic carbocycles. The molecule has 140 valence electrons. The molecule has 8 nitrogen and oxygen atoms in total. The zero-order valence-electron chi connectivity index (χ0n) is 15.5. The monoisotopic (exact) mass is 373 g/mol. The van der Waals surface area contributed by atoms with Gasteiger partial charge in [0, 0.05) is 56.1 Å². The lowest BCUT2D eigenvalue weighted by Crippen LogP contribution is -2.37. The predicted molar refractivity (Wildman–Crippen MR) is 106 cm³/mol. The van der Waals surface area contributed by atoms with Crippen LogP contribution in [0.4, 0.5) is 5.82 Å². The van der Waals surface area contributed by atoms with E-state index in [4.69, 9.17) is 19.7 Å². The molecule has 0 saturated carbocycles. The first kappa shape index (κ1) is 16.8. The Labute approximate surface area is 161 Å². The van der Waals surface area contributed by atoms with Crippen molar-refractivity contribution >= 4 is 17.0 Å². The van der Waals surface area contributed by atoms with Gasteiger partial charge in [-0.2, -0.15) is 0 Å². The molecular weight excluding hydrogens is 354 g/mol. The fourth-order valence-corrected chi connectivity index (χ4v) is 3.43. The van der Waals surface area contributed by atoms with E-state index < -0.39 is 0 Å². The summed E-state index contributed by atoms with van der Waals surface area (Å²) in [6.07, 6.45) is 7.07. The molecule has 0 aliphatic carbocycles. The van der Waals surface area contributed by atoms with Crippen LogP contribution in [-0.2, 0) is 11.8 Å². The maximum atomic E-state index is 5.52. The van der Waals surface area contributed by atoms with E-state index in [-0.39, 0.29) is 0 Å². The number of imidazole rings is 1. The Hall–Kier alpha value is -3.39. The van der Waals surface area contributed by atoms with Gasteiger partial charge in [0.2, 0.25) is 0 Å². The fourth-order valence-electron chi connectivity index (χ4n) is 3.43. The molecule has 4 aromatic rings. The number of morpholine rings is 1. The second-order valence-corrected chi connectivity index (χ2v) is 6.61. The summed E-state index contributed by atoms with van der Waals surface area (Å²) in [6, 6.07) is 7.76. The summed E-state index contributed by atoms with van der Waals surface area (Å²) < 4.78 is 7.53. The highest BCUT2D eigenvalue weighted by atomic mass is 16.5. The van der Waals surface area contributed by atoms with Crippen molar-refractivity contribution in [3.05, 3.63) is 49.1 Å². The third kappa shape index (κ3) is 2.87. The molecule has 0 bridgehead atoms. The maximum absolute atomic E-state index is 5.52. The smallest absolute Gasteiger partial charge is 0.166 e. The van der Waals surface area contributed by atoms with Gasteiger partial charge in [-0.25, -0.2) is 15.0 Å². The zero-order valence-corrected chi connectivity index (χ0v) is 15.5. The lowest BCUT2D eigenvalue weighted by molar-refractivity contribution is 0.122. The van der Waals surface area contributed by atoms with Crippen LogP contribution in [0.2, 0.25) is 0 Å². The molecule has 5 rings (SSSR count). The molecule has 28 heavy (non-hydrogen) atoms. The first-order valence-corrected chi connectivity index (χ1v) is 9.19. The molecule has 1 aliphatic rings. The van der Waals surface area contributed by atoms with Gasteiger partial charge in [0.15, 0.2) is 22.8 Å². The molecule has 0 amide bonds. The van der Waals surface area contributed by atoms with Gasteiger partial charge in [-0.05, 0) is 24.3 Å². The number of aromatic nitrogens is 6. The molecule has 1 saturated heterocycles. The number of nitrogens with zero attached hydrogens (tertiary/aromatic N) is 7. The largest absolute Gasteiger partial charge is 0.378 e. The summed E-state index contributed by atoms with van der Waals surface area (Å²) in [5.74, 6) is 2.32. The Kier molecular flexibility index (Phi) is 4.17. The molecular formula is C20H19N7O. The third-order valence-corrected chi connectivity index (χ3v) is 4.87. The summed E-state index contributed by atoms with van der Waals surface area (Å²) in [5, 5.41) is 0. The van der Waals surface area contributed by atoms with Crippen molar-refractivity contribution in [3.63, 3.8) is 0 Å². The second kappa shape index (κ2) is 6.97. The molecule has 8 heteroatoms. The second-order valence-electron chi connectivity index (χ2n) is 6.61. The number of anilines is 1. The van der Waals surface area contributed by atoms with E-state index in [0.717, 1.165) is 47.0 Å². The third-order valence-electron chi connectivity index (χ3n) is 4.87. The van der Waals surface area contributed by atoms with E-state index >= 15 is 0 Å². The number of rotatable bonds is 3. The van der Waals surface area contributed by atoms with Crippen molar-refractivity contribution in [1.82, 2.24) is 29.5 Å². The maximum Gasteiger partial charge on any atom is 0.166 e. The average Bonchev–Trinajstić information content (AvgIpc) is 3.11. The summed E-state index contributed by atoms with van der Waals surface area (Å²) >= 11 is 0. The van der Waals surface area contributed by atoms with Crippen molar-refractivity contribution in [2.75, 3.05) is 31.2 Å². The van der Waals surface area contributed by atoms with Gasteiger partial charge in [0.05, 0.1) is 13.2 Å².